The van der Waals surface area contributed by atoms with Crippen LogP contribution in [-0.4, -0.2) is 55.9 Å². The van der Waals surface area contributed by atoms with Crippen molar-refractivity contribution >= 4 is 5.97 Å². The Kier molecular flexibility index (Phi) is 5.79. The molecule has 172 valence electrons. The van der Waals surface area contributed by atoms with Crippen molar-refractivity contribution in [2.45, 2.75) is 96.6 Å². The van der Waals surface area contributed by atoms with E-state index in [1.165, 1.54) is 0 Å². The highest BCUT2D eigenvalue weighted by atomic mass is 16.4. The molecule has 0 spiro atoms. The van der Waals surface area contributed by atoms with Crippen molar-refractivity contribution in [2.24, 2.45) is 46.3 Å². The fourth-order valence-corrected chi connectivity index (χ4v) is 8.80. The number of carbonyl (C=O) groups is 1. The molecule has 0 aromatic heterocycles. The normalized spacial score (nSPS) is 52.6. The second-order valence-electron chi connectivity index (χ2n) is 11.7. The Morgan fingerprint density at radius 3 is 2.33 bits per heavy atom. The minimum absolute atomic E-state index is 0.00490. The number of aliphatic carboxylic acids is 1. The van der Waals surface area contributed by atoms with Crippen LogP contribution in [0.25, 0.3) is 0 Å². The highest BCUT2D eigenvalue weighted by Crippen LogP contribution is 2.68. The van der Waals surface area contributed by atoms with Crippen LogP contribution in [0, 0.1) is 46.3 Å². The monoisotopic (exact) mass is 424 g/mol. The molecule has 0 saturated heterocycles. The second kappa shape index (κ2) is 7.72. The van der Waals surface area contributed by atoms with Crippen LogP contribution in [0.5, 0.6) is 0 Å². The zero-order chi connectivity index (χ0) is 22.0. The van der Waals surface area contributed by atoms with E-state index in [1.54, 1.807) is 0 Å². The fraction of sp³-hybridized carbons (Fsp3) is 0.958. The van der Waals surface area contributed by atoms with Gasteiger partial charge in [-0.25, -0.2) is 4.79 Å². The van der Waals surface area contributed by atoms with Gasteiger partial charge in [-0.05, 0) is 97.7 Å². The number of aliphatic hydroxyl groups excluding tert-OH is 4. The summed E-state index contributed by atoms with van der Waals surface area (Å²) < 4.78 is 0. The van der Waals surface area contributed by atoms with Crippen molar-refractivity contribution in [3.8, 4) is 0 Å². The lowest BCUT2D eigenvalue weighted by Gasteiger charge is -2.62. The van der Waals surface area contributed by atoms with Gasteiger partial charge in [0.15, 0.2) is 6.10 Å². The molecule has 0 aromatic carbocycles. The molecule has 0 heterocycles. The van der Waals surface area contributed by atoms with Crippen LogP contribution in [0.1, 0.15) is 72.1 Å². The van der Waals surface area contributed by atoms with E-state index in [9.17, 15) is 25.2 Å². The summed E-state index contributed by atoms with van der Waals surface area (Å²) in [6.07, 6.45) is 3.47. The minimum Gasteiger partial charge on any atom is -0.479 e. The molecular formula is C24H40O6. The van der Waals surface area contributed by atoms with E-state index in [1.807, 2.05) is 6.92 Å². The minimum atomic E-state index is -1.37. The SMILES string of the molecule is C[C@H](C[C@@H](O)C(=O)O)[C@H]1C[C@H](O)[C@H]2[C@@H]3[C@H](O)C[C@@H]4C[C@H](O)CC[C@]4(C)[C@H]3CC[C@@]21C. The molecule has 12 atom stereocenters. The molecule has 5 N–H and O–H groups in total. The lowest BCUT2D eigenvalue weighted by Crippen LogP contribution is -2.60. The van der Waals surface area contributed by atoms with Gasteiger partial charge in [0.25, 0.3) is 0 Å². The Labute approximate surface area is 179 Å². The van der Waals surface area contributed by atoms with Crippen LogP contribution in [0.2, 0.25) is 0 Å². The average Bonchev–Trinajstić information content (AvgIpc) is 2.94. The molecule has 0 radical (unpaired) electrons. The van der Waals surface area contributed by atoms with E-state index in [2.05, 4.69) is 13.8 Å². The highest BCUT2D eigenvalue weighted by molar-refractivity contribution is 5.71. The number of rotatable bonds is 4. The molecule has 4 aliphatic carbocycles. The van der Waals surface area contributed by atoms with E-state index >= 15 is 0 Å². The Balaban J connectivity index is 1.60. The van der Waals surface area contributed by atoms with Crippen molar-refractivity contribution in [3.05, 3.63) is 0 Å². The molecule has 0 aromatic rings. The first-order chi connectivity index (χ1) is 14.0. The molecular weight excluding hydrogens is 384 g/mol. The van der Waals surface area contributed by atoms with Crippen molar-refractivity contribution in [1.29, 1.82) is 0 Å². The van der Waals surface area contributed by atoms with Gasteiger partial charge in [-0.15, -0.1) is 0 Å². The number of aliphatic hydroxyl groups is 4. The molecule has 6 heteroatoms. The maximum Gasteiger partial charge on any atom is 0.332 e. The predicted octanol–water partition coefficient (Wildman–Crippen LogP) is 2.42. The molecule has 0 bridgehead atoms. The summed E-state index contributed by atoms with van der Waals surface area (Å²) in [4.78, 5) is 11.1. The lowest BCUT2D eigenvalue weighted by atomic mass is 9.43. The predicted molar refractivity (Wildman–Crippen MR) is 111 cm³/mol. The molecule has 4 saturated carbocycles. The van der Waals surface area contributed by atoms with Gasteiger partial charge >= 0.3 is 5.97 Å². The average molecular weight is 425 g/mol. The van der Waals surface area contributed by atoms with Crippen LogP contribution >= 0.6 is 0 Å². The third-order valence-corrected chi connectivity index (χ3v) is 10.3. The molecule has 0 amide bonds. The zero-order valence-corrected chi connectivity index (χ0v) is 18.6. The summed E-state index contributed by atoms with van der Waals surface area (Å²) in [6, 6.07) is 0. The van der Waals surface area contributed by atoms with Gasteiger partial charge < -0.3 is 25.5 Å². The van der Waals surface area contributed by atoms with Gasteiger partial charge in [-0.1, -0.05) is 20.8 Å². The first-order valence-corrected chi connectivity index (χ1v) is 11.9. The van der Waals surface area contributed by atoms with Crippen LogP contribution in [0.15, 0.2) is 0 Å². The zero-order valence-electron chi connectivity index (χ0n) is 18.6. The van der Waals surface area contributed by atoms with Gasteiger partial charge in [0.1, 0.15) is 0 Å². The molecule has 30 heavy (non-hydrogen) atoms. The molecule has 4 aliphatic rings. The van der Waals surface area contributed by atoms with E-state index in [0.29, 0.717) is 24.7 Å². The summed E-state index contributed by atoms with van der Waals surface area (Å²) in [5, 5.41) is 51.7. The third-order valence-electron chi connectivity index (χ3n) is 10.3. The number of hydrogen-bond acceptors (Lipinski definition) is 5. The highest BCUT2D eigenvalue weighted by Gasteiger charge is 2.65. The standard InChI is InChI=1S/C24H40O6/c1-12(8-19(28)22(29)30)16-11-18(27)21-20-15(5-7-24(16,21)3)23(2)6-4-14(25)9-13(23)10-17(20)26/h12-21,25-28H,4-11H2,1-3H3,(H,29,30)/t12-,13+,14-,15+,16-,17-,18+,19-,20+,21+,23+,24-/m1/s1. The van der Waals surface area contributed by atoms with Crippen LogP contribution in [0.3, 0.4) is 0 Å². The van der Waals surface area contributed by atoms with E-state index in [4.69, 9.17) is 5.11 Å². The summed E-state index contributed by atoms with van der Waals surface area (Å²) >= 11 is 0. The summed E-state index contributed by atoms with van der Waals surface area (Å²) in [5.41, 5.74) is -0.0516. The Morgan fingerprint density at radius 2 is 1.67 bits per heavy atom. The van der Waals surface area contributed by atoms with Crippen LogP contribution in [-0.2, 0) is 4.79 Å². The smallest absolute Gasteiger partial charge is 0.332 e. The maximum atomic E-state index is 11.3. The quantitative estimate of drug-likeness (QED) is 0.473. The number of carboxylic acid groups (broad SMARTS) is 1. The summed E-state index contributed by atoms with van der Waals surface area (Å²) in [5.74, 6) is -0.315. The lowest BCUT2D eigenvalue weighted by molar-refractivity contribution is -0.185. The van der Waals surface area contributed by atoms with Gasteiger partial charge in [-0.2, -0.15) is 0 Å². The molecule has 0 unspecified atom stereocenters. The summed E-state index contributed by atoms with van der Waals surface area (Å²) in [7, 11) is 0. The number of fused-ring (bicyclic) bond motifs is 5. The molecule has 6 nitrogen and oxygen atoms in total. The Bertz CT molecular complexity index is 668. The second-order valence-corrected chi connectivity index (χ2v) is 11.7. The van der Waals surface area contributed by atoms with Crippen molar-refractivity contribution in [1.82, 2.24) is 0 Å². The van der Waals surface area contributed by atoms with E-state index < -0.39 is 24.3 Å². The van der Waals surface area contributed by atoms with E-state index in [-0.39, 0.29) is 47.0 Å². The topological polar surface area (TPSA) is 118 Å². The van der Waals surface area contributed by atoms with E-state index in [0.717, 1.165) is 32.1 Å². The fourth-order valence-electron chi connectivity index (χ4n) is 8.80. The van der Waals surface area contributed by atoms with Gasteiger partial charge in [-0.3, -0.25) is 0 Å². The van der Waals surface area contributed by atoms with Gasteiger partial charge in [0.2, 0.25) is 0 Å². The van der Waals surface area contributed by atoms with Crippen LogP contribution < -0.4 is 0 Å². The van der Waals surface area contributed by atoms with Gasteiger partial charge in [0, 0.05) is 0 Å². The Morgan fingerprint density at radius 1 is 1.00 bits per heavy atom. The van der Waals surface area contributed by atoms with Crippen LogP contribution in [0.4, 0.5) is 0 Å². The van der Waals surface area contributed by atoms with Crippen molar-refractivity contribution in [3.63, 3.8) is 0 Å². The molecule has 0 aliphatic heterocycles. The maximum absolute atomic E-state index is 11.3. The number of carboxylic acids is 1. The van der Waals surface area contributed by atoms with Gasteiger partial charge in [0.05, 0.1) is 18.3 Å². The van der Waals surface area contributed by atoms with Crippen molar-refractivity contribution < 1.29 is 30.3 Å². The molecule has 4 fully saturated rings. The first-order valence-electron chi connectivity index (χ1n) is 11.9. The largest absolute Gasteiger partial charge is 0.479 e. The third kappa shape index (κ3) is 3.33. The Hall–Kier alpha value is -0.690. The van der Waals surface area contributed by atoms with Crippen molar-refractivity contribution in [2.75, 3.05) is 0 Å². The first kappa shape index (κ1) is 22.5. The molecule has 4 rings (SSSR count). The number of hydrogen-bond donors (Lipinski definition) is 5. The summed E-state index contributed by atoms with van der Waals surface area (Å²) in [6.45, 7) is 6.57.